The van der Waals surface area contributed by atoms with Crippen LogP contribution < -0.4 is 5.32 Å². The van der Waals surface area contributed by atoms with E-state index in [9.17, 15) is 18.8 Å². The van der Waals surface area contributed by atoms with Crippen LogP contribution in [-0.2, 0) is 28.1 Å². The minimum atomic E-state index is -1.08. The highest BCUT2D eigenvalue weighted by Gasteiger charge is 2.55. The number of nitrogens with zero attached hydrogens (tertiary/aromatic N) is 2. The number of urea groups is 1. The van der Waals surface area contributed by atoms with Gasteiger partial charge in [0.25, 0.3) is 5.91 Å². The predicted molar refractivity (Wildman–Crippen MR) is 107 cm³/mol. The van der Waals surface area contributed by atoms with Crippen LogP contribution in [0.1, 0.15) is 36.0 Å². The van der Waals surface area contributed by atoms with Gasteiger partial charge in [-0.25, -0.2) is 9.18 Å². The van der Waals surface area contributed by atoms with E-state index in [2.05, 4.69) is 5.32 Å². The van der Waals surface area contributed by atoms with Crippen LogP contribution in [0.2, 0.25) is 0 Å². The molecule has 1 atom stereocenters. The van der Waals surface area contributed by atoms with Gasteiger partial charge in [0.15, 0.2) is 0 Å². The molecule has 1 aliphatic heterocycles. The van der Waals surface area contributed by atoms with E-state index in [-0.39, 0.29) is 36.8 Å². The van der Waals surface area contributed by atoms with E-state index in [1.165, 1.54) is 6.07 Å². The fraction of sp³-hybridized carbons (Fsp3) is 0.348. The second-order valence-electron chi connectivity index (χ2n) is 8.23. The van der Waals surface area contributed by atoms with Gasteiger partial charge in [0, 0.05) is 18.2 Å². The summed E-state index contributed by atoms with van der Waals surface area (Å²) >= 11 is 0. The molecule has 1 heterocycles. The van der Waals surface area contributed by atoms with Crippen molar-refractivity contribution in [2.75, 3.05) is 6.54 Å². The van der Waals surface area contributed by atoms with Gasteiger partial charge in [-0.1, -0.05) is 42.5 Å². The molecule has 6 nitrogen and oxygen atoms in total. The van der Waals surface area contributed by atoms with Gasteiger partial charge in [-0.15, -0.1) is 0 Å². The van der Waals surface area contributed by atoms with Gasteiger partial charge in [0.1, 0.15) is 17.9 Å². The van der Waals surface area contributed by atoms with Gasteiger partial charge < -0.3 is 10.2 Å². The van der Waals surface area contributed by atoms with Gasteiger partial charge in [-0.2, -0.15) is 0 Å². The highest BCUT2D eigenvalue weighted by atomic mass is 19.1. The SMILES string of the molecule is O=C1N[C@@]2(CCc3ccccc32)C(=O)N1CC(=O)N(Cc1ccccc1F)C1CC1. The summed E-state index contributed by atoms with van der Waals surface area (Å²) in [6.07, 6.45) is 2.88. The van der Waals surface area contributed by atoms with Crippen LogP contribution >= 0.6 is 0 Å². The lowest BCUT2D eigenvalue weighted by Crippen LogP contribution is -2.45. The van der Waals surface area contributed by atoms with Crippen molar-refractivity contribution in [3.8, 4) is 0 Å². The number of benzene rings is 2. The summed E-state index contributed by atoms with van der Waals surface area (Å²) in [6, 6.07) is 13.4. The van der Waals surface area contributed by atoms with E-state index in [0.717, 1.165) is 28.9 Å². The van der Waals surface area contributed by atoms with Crippen LogP contribution in [0, 0.1) is 5.82 Å². The number of imide groups is 1. The van der Waals surface area contributed by atoms with Crippen molar-refractivity contribution in [3.63, 3.8) is 0 Å². The Morgan fingerprint density at radius 2 is 1.87 bits per heavy atom. The molecule has 2 aromatic carbocycles. The summed E-state index contributed by atoms with van der Waals surface area (Å²) in [5, 5.41) is 2.84. The molecule has 1 saturated carbocycles. The van der Waals surface area contributed by atoms with Crippen molar-refractivity contribution in [2.45, 2.75) is 43.8 Å². The second-order valence-corrected chi connectivity index (χ2v) is 8.23. The molecular formula is C23H22FN3O3. The number of rotatable bonds is 5. The third kappa shape index (κ3) is 2.96. The van der Waals surface area contributed by atoms with E-state index in [1.54, 1.807) is 23.1 Å². The second kappa shape index (κ2) is 6.93. The third-order valence-corrected chi connectivity index (χ3v) is 6.32. The van der Waals surface area contributed by atoms with Crippen molar-refractivity contribution in [1.29, 1.82) is 0 Å². The third-order valence-electron chi connectivity index (χ3n) is 6.32. The van der Waals surface area contributed by atoms with Gasteiger partial charge in [0.05, 0.1) is 0 Å². The molecule has 4 amide bonds. The molecule has 2 aliphatic carbocycles. The maximum absolute atomic E-state index is 14.1. The smallest absolute Gasteiger partial charge is 0.325 e. The van der Waals surface area contributed by atoms with Crippen molar-refractivity contribution in [3.05, 3.63) is 71.0 Å². The Labute approximate surface area is 173 Å². The number of halogens is 1. The summed E-state index contributed by atoms with van der Waals surface area (Å²) in [5.41, 5.74) is 1.20. The molecule has 0 unspecified atom stereocenters. The standard InChI is InChI=1S/C23H22FN3O3/c24-19-8-4-2-6-16(19)13-26(17-9-10-17)20(28)14-27-21(29)23(25-22(27)30)12-11-15-5-1-3-7-18(15)23/h1-8,17H,9-14H2,(H,25,30)/t23-/m1/s1. The van der Waals surface area contributed by atoms with Gasteiger partial charge in [-0.3, -0.25) is 14.5 Å². The normalized spacial score (nSPS) is 22.4. The lowest BCUT2D eigenvalue weighted by Gasteiger charge is -2.26. The summed E-state index contributed by atoms with van der Waals surface area (Å²) < 4.78 is 14.1. The van der Waals surface area contributed by atoms with E-state index in [1.807, 2.05) is 24.3 Å². The van der Waals surface area contributed by atoms with Crippen LogP contribution in [0.5, 0.6) is 0 Å². The zero-order valence-electron chi connectivity index (χ0n) is 16.4. The molecule has 30 heavy (non-hydrogen) atoms. The fourth-order valence-corrected chi connectivity index (χ4v) is 4.58. The van der Waals surface area contributed by atoms with E-state index in [0.29, 0.717) is 18.4 Å². The van der Waals surface area contributed by atoms with Gasteiger partial charge >= 0.3 is 6.03 Å². The number of hydrogen-bond donors (Lipinski definition) is 1. The van der Waals surface area contributed by atoms with Crippen molar-refractivity contribution in [1.82, 2.24) is 15.1 Å². The maximum atomic E-state index is 14.1. The Kier molecular flexibility index (Phi) is 4.34. The number of carbonyl (C=O) groups excluding carboxylic acids is 3. The van der Waals surface area contributed by atoms with Crippen LogP contribution in [0.4, 0.5) is 9.18 Å². The quantitative estimate of drug-likeness (QED) is 0.775. The molecule has 0 aromatic heterocycles. The topological polar surface area (TPSA) is 69.7 Å². The Bertz CT molecular complexity index is 1050. The maximum Gasteiger partial charge on any atom is 0.325 e. The summed E-state index contributed by atoms with van der Waals surface area (Å²) in [4.78, 5) is 41.6. The molecule has 2 aromatic rings. The fourth-order valence-electron chi connectivity index (χ4n) is 4.58. The number of nitrogens with one attached hydrogen (secondary N) is 1. The monoisotopic (exact) mass is 407 g/mol. The van der Waals surface area contributed by atoms with Crippen LogP contribution in [-0.4, -0.2) is 40.2 Å². The van der Waals surface area contributed by atoms with Crippen molar-refractivity contribution >= 4 is 17.8 Å². The van der Waals surface area contributed by atoms with E-state index < -0.39 is 11.6 Å². The largest absolute Gasteiger partial charge is 0.334 e. The molecule has 0 radical (unpaired) electrons. The first-order valence-corrected chi connectivity index (χ1v) is 10.2. The average Bonchev–Trinajstić information content (AvgIpc) is 3.48. The minimum Gasteiger partial charge on any atom is -0.334 e. The van der Waals surface area contributed by atoms with Gasteiger partial charge in [-0.05, 0) is 42.9 Å². The van der Waals surface area contributed by atoms with Gasteiger partial charge in [0.2, 0.25) is 5.91 Å². The Hall–Kier alpha value is -3.22. The minimum absolute atomic E-state index is 0.0269. The van der Waals surface area contributed by atoms with Crippen LogP contribution in [0.15, 0.2) is 48.5 Å². The molecule has 1 saturated heterocycles. The molecule has 7 heteroatoms. The number of amides is 4. The number of carbonyl (C=O) groups is 3. The molecule has 3 aliphatic rings. The van der Waals surface area contributed by atoms with Crippen molar-refractivity contribution < 1.29 is 18.8 Å². The average molecular weight is 407 g/mol. The van der Waals surface area contributed by atoms with E-state index >= 15 is 0 Å². The molecule has 2 fully saturated rings. The Balaban J connectivity index is 1.36. The molecule has 1 spiro atoms. The lowest BCUT2D eigenvalue weighted by molar-refractivity contribution is -0.139. The van der Waals surface area contributed by atoms with Crippen molar-refractivity contribution in [2.24, 2.45) is 0 Å². The predicted octanol–water partition coefficient (Wildman–Crippen LogP) is 2.71. The first kappa shape index (κ1) is 18.8. The number of fused-ring (bicyclic) bond motifs is 2. The molecule has 5 rings (SSSR count). The summed E-state index contributed by atoms with van der Waals surface area (Å²) in [7, 11) is 0. The zero-order chi connectivity index (χ0) is 20.9. The first-order chi connectivity index (χ1) is 14.5. The first-order valence-electron chi connectivity index (χ1n) is 10.2. The summed E-state index contributed by atoms with van der Waals surface area (Å²) in [5.74, 6) is -1.09. The molecular weight excluding hydrogens is 385 g/mol. The summed E-state index contributed by atoms with van der Waals surface area (Å²) in [6.45, 7) is -0.201. The number of hydrogen-bond acceptors (Lipinski definition) is 3. The Morgan fingerprint density at radius 1 is 1.13 bits per heavy atom. The highest BCUT2D eigenvalue weighted by Crippen LogP contribution is 2.41. The lowest BCUT2D eigenvalue weighted by atomic mass is 9.92. The highest BCUT2D eigenvalue weighted by molar-refractivity contribution is 6.10. The molecule has 0 bridgehead atoms. The molecule has 1 N–H and O–H groups in total. The zero-order valence-corrected chi connectivity index (χ0v) is 16.4. The van der Waals surface area contributed by atoms with Crippen LogP contribution in [0.3, 0.4) is 0 Å². The number of aryl methyl sites for hydroxylation is 1. The Morgan fingerprint density at radius 3 is 2.63 bits per heavy atom. The molecule has 154 valence electrons. The van der Waals surface area contributed by atoms with Crippen LogP contribution in [0.25, 0.3) is 0 Å². The van der Waals surface area contributed by atoms with E-state index in [4.69, 9.17) is 0 Å².